The van der Waals surface area contributed by atoms with E-state index in [0.717, 1.165) is 17.0 Å². The van der Waals surface area contributed by atoms with Crippen molar-refractivity contribution in [1.82, 2.24) is 0 Å². The van der Waals surface area contributed by atoms with E-state index in [1.165, 1.54) is 0 Å². The Balaban J connectivity index is 4.23. The largest absolute Gasteiger partial charge is 0.284 e. The van der Waals surface area contributed by atoms with Crippen LogP contribution in [0.3, 0.4) is 0 Å². The maximum atomic E-state index is 6.62. The summed E-state index contributed by atoms with van der Waals surface area (Å²) in [5.41, 5.74) is 6.64. The molecule has 0 unspecified atom stereocenters. The van der Waals surface area contributed by atoms with E-state index in [1.54, 1.807) is 7.05 Å². The first-order chi connectivity index (χ1) is 4.52. The molecule has 0 rings (SSSR count). The van der Waals surface area contributed by atoms with Crippen LogP contribution >= 0.6 is 11.9 Å². The van der Waals surface area contributed by atoms with Crippen LogP contribution < -0.4 is 0 Å². The SMILES string of the molecule is CN=C(SN=N)C(C)(C)C. The van der Waals surface area contributed by atoms with Gasteiger partial charge in [-0.3, -0.25) is 4.99 Å². The highest BCUT2D eigenvalue weighted by atomic mass is 32.2. The Morgan fingerprint density at radius 2 is 1.90 bits per heavy atom. The van der Waals surface area contributed by atoms with Crippen LogP contribution in [0.5, 0.6) is 0 Å². The highest BCUT2D eigenvalue weighted by molar-refractivity contribution is 8.12. The quantitative estimate of drug-likeness (QED) is 0.272. The van der Waals surface area contributed by atoms with E-state index in [0.29, 0.717) is 0 Å². The summed E-state index contributed by atoms with van der Waals surface area (Å²) in [6, 6.07) is 0. The maximum absolute atomic E-state index is 6.62. The van der Waals surface area contributed by atoms with Crippen molar-refractivity contribution in [2.45, 2.75) is 20.8 Å². The molecule has 0 spiro atoms. The first kappa shape index (κ1) is 9.62. The van der Waals surface area contributed by atoms with Crippen molar-refractivity contribution in [1.29, 1.82) is 5.53 Å². The minimum Gasteiger partial charge on any atom is -0.284 e. The lowest BCUT2D eigenvalue weighted by atomic mass is 9.99. The molecule has 0 heterocycles. The van der Waals surface area contributed by atoms with E-state index in [1.807, 2.05) is 20.8 Å². The zero-order valence-electron chi connectivity index (χ0n) is 6.80. The predicted molar refractivity (Wildman–Crippen MR) is 45.6 cm³/mol. The minimum absolute atomic E-state index is 0.0178. The third kappa shape index (κ3) is 2.96. The Hall–Kier alpha value is -0.380. The fraction of sp³-hybridized carbons (Fsp3) is 0.833. The summed E-state index contributed by atoms with van der Waals surface area (Å²) in [6.45, 7) is 6.15. The highest BCUT2D eigenvalue weighted by Crippen LogP contribution is 2.24. The Labute approximate surface area is 66.0 Å². The molecular formula is C6H13N3S. The first-order valence-corrected chi connectivity index (χ1v) is 3.80. The second-order valence-electron chi connectivity index (χ2n) is 2.96. The molecule has 0 fully saturated rings. The van der Waals surface area contributed by atoms with Gasteiger partial charge in [-0.15, -0.1) is 4.52 Å². The van der Waals surface area contributed by atoms with Crippen molar-refractivity contribution in [2.75, 3.05) is 7.05 Å². The topological polar surface area (TPSA) is 48.6 Å². The summed E-state index contributed by atoms with van der Waals surface area (Å²) < 4.78 is 3.21. The van der Waals surface area contributed by atoms with Gasteiger partial charge in [0.25, 0.3) is 0 Å². The van der Waals surface area contributed by atoms with Crippen molar-refractivity contribution in [3.63, 3.8) is 0 Å². The van der Waals surface area contributed by atoms with Gasteiger partial charge in [-0.2, -0.15) is 5.53 Å². The Morgan fingerprint density at radius 3 is 2.00 bits per heavy atom. The van der Waals surface area contributed by atoms with Gasteiger partial charge in [0.1, 0.15) is 0 Å². The van der Waals surface area contributed by atoms with Crippen LogP contribution in [0, 0.1) is 10.9 Å². The van der Waals surface area contributed by atoms with Crippen molar-refractivity contribution >= 4 is 17.0 Å². The minimum atomic E-state index is 0.0178. The number of rotatable bonds is 1. The van der Waals surface area contributed by atoms with Crippen LogP contribution in [-0.2, 0) is 0 Å². The van der Waals surface area contributed by atoms with Gasteiger partial charge in [-0.05, 0) is 0 Å². The molecule has 0 amide bonds. The predicted octanol–water partition coefficient (Wildman–Crippen LogP) is 2.74. The summed E-state index contributed by atoms with van der Waals surface area (Å²) in [5, 5.41) is 0.891. The monoisotopic (exact) mass is 159 g/mol. The molecule has 4 heteroatoms. The third-order valence-electron chi connectivity index (χ3n) is 0.977. The summed E-state index contributed by atoms with van der Waals surface area (Å²) in [6.07, 6.45) is 0. The lowest BCUT2D eigenvalue weighted by Gasteiger charge is -2.17. The van der Waals surface area contributed by atoms with E-state index in [2.05, 4.69) is 9.51 Å². The first-order valence-electron chi connectivity index (χ1n) is 3.03. The van der Waals surface area contributed by atoms with Gasteiger partial charge in [0.05, 0.1) is 5.04 Å². The average Bonchev–Trinajstić information content (AvgIpc) is 1.80. The van der Waals surface area contributed by atoms with Gasteiger partial charge >= 0.3 is 0 Å². The summed E-state index contributed by atoms with van der Waals surface area (Å²) >= 11 is 1.12. The fourth-order valence-electron chi connectivity index (χ4n) is 0.556. The molecule has 0 aromatic rings. The molecule has 0 bridgehead atoms. The molecule has 0 atom stereocenters. The zero-order chi connectivity index (χ0) is 8.20. The lowest BCUT2D eigenvalue weighted by Crippen LogP contribution is -2.15. The lowest BCUT2D eigenvalue weighted by molar-refractivity contribution is 0.601. The molecule has 0 saturated carbocycles. The molecule has 10 heavy (non-hydrogen) atoms. The number of nitrogens with one attached hydrogen (secondary N) is 1. The molecule has 0 saturated heterocycles. The van der Waals surface area contributed by atoms with Crippen molar-refractivity contribution in [3.05, 3.63) is 0 Å². The van der Waals surface area contributed by atoms with Gasteiger partial charge in [0.2, 0.25) is 0 Å². The highest BCUT2D eigenvalue weighted by Gasteiger charge is 2.18. The van der Waals surface area contributed by atoms with Gasteiger partial charge in [-0.1, -0.05) is 20.8 Å². The van der Waals surface area contributed by atoms with E-state index < -0.39 is 0 Å². The zero-order valence-corrected chi connectivity index (χ0v) is 7.62. The number of nitrogens with zero attached hydrogens (tertiary/aromatic N) is 2. The Bertz CT molecular complexity index is 146. The molecule has 0 aliphatic rings. The fourth-order valence-corrected chi connectivity index (χ4v) is 0.998. The van der Waals surface area contributed by atoms with Crippen molar-refractivity contribution in [2.24, 2.45) is 14.9 Å². The summed E-state index contributed by atoms with van der Waals surface area (Å²) in [4.78, 5) is 4.01. The molecule has 0 aromatic carbocycles. The van der Waals surface area contributed by atoms with E-state index in [9.17, 15) is 0 Å². The van der Waals surface area contributed by atoms with E-state index in [4.69, 9.17) is 5.53 Å². The number of aliphatic imine (C=N–C) groups is 1. The van der Waals surface area contributed by atoms with Crippen LogP contribution in [0.15, 0.2) is 9.51 Å². The van der Waals surface area contributed by atoms with Crippen LogP contribution in [0.2, 0.25) is 0 Å². The van der Waals surface area contributed by atoms with E-state index >= 15 is 0 Å². The van der Waals surface area contributed by atoms with Crippen molar-refractivity contribution in [3.8, 4) is 0 Å². The molecule has 58 valence electrons. The van der Waals surface area contributed by atoms with Crippen LogP contribution in [0.1, 0.15) is 20.8 Å². The van der Waals surface area contributed by atoms with Crippen molar-refractivity contribution < 1.29 is 0 Å². The van der Waals surface area contributed by atoms with Crippen LogP contribution in [0.25, 0.3) is 0 Å². The number of hydrogen-bond donors (Lipinski definition) is 1. The number of hydrogen-bond acceptors (Lipinski definition) is 4. The normalized spacial score (nSPS) is 13.4. The van der Waals surface area contributed by atoms with Gasteiger partial charge < -0.3 is 0 Å². The third-order valence-corrected chi connectivity index (χ3v) is 2.04. The smallest absolute Gasteiger partial charge is 0.0971 e. The standard InChI is InChI=1S/C6H13N3S/c1-6(2,3)5(8-4)10-9-7/h7H,1-4H3. The summed E-state index contributed by atoms with van der Waals surface area (Å²) in [5.74, 6) is 0. The molecule has 0 radical (unpaired) electrons. The van der Waals surface area contributed by atoms with Gasteiger partial charge in [0.15, 0.2) is 0 Å². The van der Waals surface area contributed by atoms with Crippen LogP contribution in [-0.4, -0.2) is 12.1 Å². The maximum Gasteiger partial charge on any atom is 0.0971 e. The Kier molecular flexibility index (Phi) is 3.57. The molecule has 0 aliphatic carbocycles. The molecule has 3 nitrogen and oxygen atoms in total. The molecule has 0 aliphatic heterocycles. The summed E-state index contributed by atoms with van der Waals surface area (Å²) in [7, 11) is 1.72. The second-order valence-corrected chi connectivity index (χ2v) is 3.71. The molecule has 0 aromatic heterocycles. The Morgan fingerprint density at radius 1 is 1.40 bits per heavy atom. The van der Waals surface area contributed by atoms with Crippen LogP contribution in [0.4, 0.5) is 0 Å². The van der Waals surface area contributed by atoms with Gasteiger partial charge in [-0.25, -0.2) is 0 Å². The van der Waals surface area contributed by atoms with E-state index in [-0.39, 0.29) is 5.41 Å². The molecular weight excluding hydrogens is 146 g/mol. The molecule has 1 N–H and O–H groups in total. The average molecular weight is 159 g/mol. The second kappa shape index (κ2) is 3.71. The van der Waals surface area contributed by atoms with Gasteiger partial charge in [0, 0.05) is 24.4 Å².